The summed E-state index contributed by atoms with van der Waals surface area (Å²) in [6.07, 6.45) is 0.580. The molecule has 3 rings (SSSR count). The van der Waals surface area contributed by atoms with Crippen LogP contribution in [0, 0.1) is 0 Å². The SMILES string of the molecule is CC(=O)Nc1cccc(C(=O)OCCc2nc3ccccc3s2)c1. The molecule has 3 aromatic rings. The Morgan fingerprint density at radius 2 is 2.00 bits per heavy atom. The number of thiazole rings is 1. The van der Waals surface area contributed by atoms with E-state index >= 15 is 0 Å². The topological polar surface area (TPSA) is 68.3 Å². The number of carbonyl (C=O) groups is 2. The van der Waals surface area contributed by atoms with Crippen LogP contribution in [0.1, 0.15) is 22.3 Å². The van der Waals surface area contributed by atoms with Crippen LogP contribution in [0.25, 0.3) is 10.2 Å². The van der Waals surface area contributed by atoms with Gasteiger partial charge in [-0.05, 0) is 30.3 Å². The Morgan fingerprint density at radius 1 is 1.17 bits per heavy atom. The van der Waals surface area contributed by atoms with Crippen LogP contribution in [0.2, 0.25) is 0 Å². The lowest BCUT2D eigenvalue weighted by molar-refractivity contribution is -0.114. The minimum Gasteiger partial charge on any atom is -0.462 e. The van der Waals surface area contributed by atoms with E-state index in [9.17, 15) is 9.59 Å². The molecule has 0 aliphatic carbocycles. The smallest absolute Gasteiger partial charge is 0.338 e. The Bertz CT molecular complexity index is 856. The molecule has 0 aliphatic rings. The molecule has 0 saturated carbocycles. The summed E-state index contributed by atoms with van der Waals surface area (Å²) in [7, 11) is 0. The van der Waals surface area contributed by atoms with Gasteiger partial charge in [-0.2, -0.15) is 0 Å². The monoisotopic (exact) mass is 340 g/mol. The molecule has 1 aromatic heterocycles. The van der Waals surface area contributed by atoms with Crippen LogP contribution in [0.3, 0.4) is 0 Å². The van der Waals surface area contributed by atoms with Crippen molar-refractivity contribution in [2.75, 3.05) is 11.9 Å². The molecule has 24 heavy (non-hydrogen) atoms. The molecule has 6 heteroatoms. The molecule has 0 saturated heterocycles. The third-order valence-corrected chi connectivity index (χ3v) is 4.40. The number of nitrogens with zero attached hydrogens (tertiary/aromatic N) is 1. The number of esters is 1. The first-order valence-electron chi connectivity index (χ1n) is 7.51. The standard InChI is InChI=1S/C18H16N2O3S/c1-12(21)19-14-6-4-5-13(11-14)18(22)23-10-9-17-20-15-7-2-3-8-16(15)24-17/h2-8,11H,9-10H2,1H3,(H,19,21). The van der Waals surface area contributed by atoms with Crippen LogP contribution < -0.4 is 5.32 Å². The van der Waals surface area contributed by atoms with Gasteiger partial charge in [-0.15, -0.1) is 11.3 Å². The second kappa shape index (κ2) is 7.23. The zero-order chi connectivity index (χ0) is 16.9. The number of hydrogen-bond acceptors (Lipinski definition) is 5. The molecule has 1 amide bonds. The molecule has 5 nitrogen and oxygen atoms in total. The minimum absolute atomic E-state index is 0.184. The zero-order valence-electron chi connectivity index (χ0n) is 13.1. The van der Waals surface area contributed by atoms with Gasteiger partial charge in [-0.25, -0.2) is 9.78 Å². The Balaban J connectivity index is 1.58. The number of benzene rings is 2. The third kappa shape index (κ3) is 3.97. The lowest BCUT2D eigenvalue weighted by Gasteiger charge is -2.06. The molecule has 0 bridgehead atoms. The zero-order valence-corrected chi connectivity index (χ0v) is 13.9. The number of ether oxygens (including phenoxy) is 1. The number of fused-ring (bicyclic) bond motifs is 1. The average Bonchev–Trinajstić information content (AvgIpc) is 2.97. The van der Waals surface area contributed by atoms with Crippen molar-refractivity contribution < 1.29 is 14.3 Å². The Kier molecular flexibility index (Phi) is 4.86. The van der Waals surface area contributed by atoms with Crippen molar-refractivity contribution in [1.29, 1.82) is 0 Å². The molecule has 0 atom stereocenters. The molecule has 2 aromatic carbocycles. The number of hydrogen-bond donors (Lipinski definition) is 1. The number of amides is 1. The minimum atomic E-state index is -0.414. The van der Waals surface area contributed by atoms with Crippen LogP contribution in [0.15, 0.2) is 48.5 Å². The van der Waals surface area contributed by atoms with Crippen molar-refractivity contribution in [3.05, 3.63) is 59.1 Å². The largest absolute Gasteiger partial charge is 0.462 e. The number of para-hydroxylation sites is 1. The summed E-state index contributed by atoms with van der Waals surface area (Å²) in [5.74, 6) is -0.598. The van der Waals surface area contributed by atoms with Gasteiger partial charge in [0, 0.05) is 19.0 Å². The van der Waals surface area contributed by atoms with Crippen LogP contribution in [-0.4, -0.2) is 23.5 Å². The van der Waals surface area contributed by atoms with E-state index < -0.39 is 5.97 Å². The van der Waals surface area contributed by atoms with E-state index in [0.29, 0.717) is 17.7 Å². The van der Waals surface area contributed by atoms with Crippen molar-refractivity contribution in [1.82, 2.24) is 4.98 Å². The van der Waals surface area contributed by atoms with Crippen molar-refractivity contribution in [2.45, 2.75) is 13.3 Å². The molecule has 0 aliphatic heterocycles. The summed E-state index contributed by atoms with van der Waals surface area (Å²) in [5.41, 5.74) is 1.94. The first-order chi connectivity index (χ1) is 11.6. The molecular formula is C18H16N2O3S. The molecule has 0 radical (unpaired) electrons. The first-order valence-corrected chi connectivity index (χ1v) is 8.33. The highest BCUT2D eigenvalue weighted by Crippen LogP contribution is 2.22. The summed E-state index contributed by atoms with van der Waals surface area (Å²) in [6.45, 7) is 1.69. The fourth-order valence-electron chi connectivity index (χ4n) is 2.27. The fourth-order valence-corrected chi connectivity index (χ4v) is 3.22. The average molecular weight is 340 g/mol. The van der Waals surface area contributed by atoms with Gasteiger partial charge in [-0.3, -0.25) is 4.79 Å². The first kappa shape index (κ1) is 16.1. The van der Waals surface area contributed by atoms with Gasteiger partial charge in [0.15, 0.2) is 0 Å². The van der Waals surface area contributed by atoms with Gasteiger partial charge < -0.3 is 10.1 Å². The van der Waals surface area contributed by atoms with Gasteiger partial charge in [0.1, 0.15) is 0 Å². The van der Waals surface area contributed by atoms with E-state index in [1.165, 1.54) is 6.92 Å². The summed E-state index contributed by atoms with van der Waals surface area (Å²) < 4.78 is 6.43. The lowest BCUT2D eigenvalue weighted by atomic mass is 10.2. The van der Waals surface area contributed by atoms with Gasteiger partial charge in [0.05, 0.1) is 27.4 Å². The quantitative estimate of drug-likeness (QED) is 0.720. The molecule has 0 spiro atoms. The Morgan fingerprint density at radius 3 is 2.79 bits per heavy atom. The number of anilines is 1. The van der Waals surface area contributed by atoms with E-state index in [-0.39, 0.29) is 12.5 Å². The lowest BCUT2D eigenvalue weighted by Crippen LogP contribution is -2.10. The maximum Gasteiger partial charge on any atom is 0.338 e. The van der Waals surface area contributed by atoms with Crippen molar-refractivity contribution in [3.8, 4) is 0 Å². The Labute approximate surface area is 143 Å². The van der Waals surface area contributed by atoms with E-state index in [2.05, 4.69) is 10.3 Å². The maximum atomic E-state index is 12.1. The van der Waals surface area contributed by atoms with Crippen molar-refractivity contribution >= 4 is 39.1 Å². The van der Waals surface area contributed by atoms with Gasteiger partial charge >= 0.3 is 5.97 Å². The highest BCUT2D eigenvalue weighted by molar-refractivity contribution is 7.18. The van der Waals surface area contributed by atoms with Crippen LogP contribution in [0.5, 0.6) is 0 Å². The third-order valence-electron chi connectivity index (χ3n) is 3.31. The second-order valence-electron chi connectivity index (χ2n) is 5.22. The van der Waals surface area contributed by atoms with E-state index in [1.807, 2.05) is 24.3 Å². The maximum absolute atomic E-state index is 12.1. The van der Waals surface area contributed by atoms with E-state index in [0.717, 1.165) is 15.2 Å². The summed E-state index contributed by atoms with van der Waals surface area (Å²) in [5, 5.41) is 3.58. The summed E-state index contributed by atoms with van der Waals surface area (Å²) in [6, 6.07) is 14.6. The van der Waals surface area contributed by atoms with Gasteiger partial charge in [0.25, 0.3) is 0 Å². The van der Waals surface area contributed by atoms with Crippen molar-refractivity contribution in [2.24, 2.45) is 0 Å². The number of rotatable bonds is 5. The highest BCUT2D eigenvalue weighted by atomic mass is 32.1. The van der Waals surface area contributed by atoms with Crippen molar-refractivity contribution in [3.63, 3.8) is 0 Å². The van der Waals surface area contributed by atoms with Gasteiger partial charge in [0.2, 0.25) is 5.91 Å². The van der Waals surface area contributed by atoms with Crippen LogP contribution in [0.4, 0.5) is 5.69 Å². The fraction of sp³-hybridized carbons (Fsp3) is 0.167. The molecule has 0 unspecified atom stereocenters. The van der Waals surface area contributed by atoms with Crippen LogP contribution in [-0.2, 0) is 16.0 Å². The predicted molar refractivity (Wildman–Crippen MR) is 94.4 cm³/mol. The molecule has 0 fully saturated rings. The van der Waals surface area contributed by atoms with Gasteiger partial charge in [-0.1, -0.05) is 18.2 Å². The van der Waals surface area contributed by atoms with Crippen LogP contribution >= 0.6 is 11.3 Å². The number of aromatic nitrogens is 1. The Hall–Kier alpha value is -2.73. The molecule has 1 heterocycles. The number of carbonyl (C=O) groups excluding carboxylic acids is 2. The molecule has 122 valence electrons. The molecule has 1 N–H and O–H groups in total. The summed E-state index contributed by atoms with van der Waals surface area (Å²) >= 11 is 1.60. The molecular weight excluding hydrogens is 324 g/mol. The normalized spacial score (nSPS) is 10.5. The van der Waals surface area contributed by atoms with E-state index in [4.69, 9.17) is 4.74 Å². The summed E-state index contributed by atoms with van der Waals surface area (Å²) in [4.78, 5) is 27.7. The number of nitrogens with one attached hydrogen (secondary N) is 1. The van der Waals surface area contributed by atoms with E-state index in [1.54, 1.807) is 35.6 Å². The predicted octanol–water partition coefficient (Wildman–Crippen LogP) is 3.65. The highest BCUT2D eigenvalue weighted by Gasteiger charge is 2.09. The second-order valence-corrected chi connectivity index (χ2v) is 6.34.